The van der Waals surface area contributed by atoms with Crippen molar-refractivity contribution in [2.75, 3.05) is 26.2 Å². The normalized spacial score (nSPS) is 18.1. The smallest absolute Gasteiger partial charge is 0.358 e. The zero-order valence-electron chi connectivity index (χ0n) is 13.0. The Balaban J connectivity index is 0.00000208. The topological polar surface area (TPSA) is 76.2 Å². The Hall–Kier alpha value is -1.67. The molecule has 130 valence electrons. The molecule has 2 aromatic rings. The number of hydrogen-bond donors (Lipinski definition) is 1. The van der Waals surface area contributed by atoms with Crippen molar-refractivity contribution in [3.8, 4) is 0 Å². The van der Waals surface area contributed by atoms with Gasteiger partial charge in [0.1, 0.15) is 0 Å². The largest absolute Gasteiger partial charge is 0.389 e. The van der Waals surface area contributed by atoms with Crippen molar-refractivity contribution in [3.05, 3.63) is 57.2 Å². The number of piperazine rings is 1. The fourth-order valence-electron chi connectivity index (χ4n) is 2.86. The summed E-state index contributed by atoms with van der Waals surface area (Å²) in [4.78, 5) is 12.6. The molecule has 7 nitrogen and oxygen atoms in total. The van der Waals surface area contributed by atoms with Crippen LogP contribution in [0.25, 0.3) is 0 Å². The summed E-state index contributed by atoms with van der Waals surface area (Å²) in [5.74, 6) is -0.114. The number of hydrogen-bond acceptors (Lipinski definition) is 5. The first-order valence-corrected chi connectivity index (χ1v) is 7.89. The predicted molar refractivity (Wildman–Crippen MR) is 94.8 cm³/mol. The summed E-state index contributed by atoms with van der Waals surface area (Å²) in [5.41, 5.74) is 1.18. The molecule has 2 heterocycles. The summed E-state index contributed by atoms with van der Waals surface area (Å²) < 4.78 is 1.62. The predicted octanol–water partition coefficient (Wildman–Crippen LogP) is 2.51. The highest BCUT2D eigenvalue weighted by atomic mass is 35.5. The molecule has 1 saturated heterocycles. The average Bonchev–Trinajstić information content (AvgIpc) is 3.02. The van der Waals surface area contributed by atoms with Gasteiger partial charge in [-0.2, -0.15) is 4.68 Å². The Bertz CT molecular complexity index is 694. The van der Waals surface area contributed by atoms with Gasteiger partial charge in [-0.05, 0) is 22.6 Å². The number of nitrogens with zero attached hydrogens (tertiary/aromatic N) is 4. The summed E-state index contributed by atoms with van der Waals surface area (Å²) in [7, 11) is 0. The lowest BCUT2D eigenvalue weighted by atomic mass is 10.0. The molecule has 1 fully saturated rings. The molecule has 0 spiro atoms. The molecule has 0 saturated carbocycles. The molecular formula is C15H19Cl2N5O2. The minimum atomic E-state index is -0.476. The van der Waals surface area contributed by atoms with E-state index in [1.165, 1.54) is 11.6 Å². The van der Waals surface area contributed by atoms with Gasteiger partial charge in [-0.1, -0.05) is 23.7 Å². The minimum Gasteiger partial charge on any atom is -0.358 e. The first kappa shape index (κ1) is 18.7. The SMILES string of the molecule is Cl.O=[N+]([O-])c1ccn(CCN2CCNCC2c2cccc(Cl)c2)n1. The van der Waals surface area contributed by atoms with Gasteiger partial charge in [0.15, 0.2) is 0 Å². The van der Waals surface area contributed by atoms with Gasteiger partial charge < -0.3 is 15.4 Å². The van der Waals surface area contributed by atoms with E-state index in [4.69, 9.17) is 11.6 Å². The molecule has 9 heteroatoms. The van der Waals surface area contributed by atoms with Crippen molar-refractivity contribution in [1.29, 1.82) is 0 Å². The van der Waals surface area contributed by atoms with Crippen LogP contribution in [0.2, 0.25) is 5.02 Å². The molecule has 1 aromatic heterocycles. The minimum absolute atomic E-state index is 0. The first-order chi connectivity index (χ1) is 11.1. The summed E-state index contributed by atoms with van der Waals surface area (Å²) in [6, 6.07) is 9.57. The highest BCUT2D eigenvalue weighted by molar-refractivity contribution is 6.30. The van der Waals surface area contributed by atoms with Crippen LogP contribution < -0.4 is 5.32 Å². The van der Waals surface area contributed by atoms with Crippen LogP contribution in [0.1, 0.15) is 11.6 Å². The van der Waals surface area contributed by atoms with Crippen molar-refractivity contribution in [2.24, 2.45) is 0 Å². The van der Waals surface area contributed by atoms with Crippen molar-refractivity contribution < 1.29 is 4.92 Å². The van der Waals surface area contributed by atoms with Crippen molar-refractivity contribution in [3.63, 3.8) is 0 Å². The maximum Gasteiger partial charge on any atom is 0.389 e. The van der Waals surface area contributed by atoms with Gasteiger partial charge in [-0.25, -0.2) is 0 Å². The second-order valence-electron chi connectivity index (χ2n) is 5.51. The van der Waals surface area contributed by atoms with Crippen LogP contribution in [-0.2, 0) is 6.54 Å². The Morgan fingerprint density at radius 1 is 1.38 bits per heavy atom. The van der Waals surface area contributed by atoms with E-state index in [1.54, 1.807) is 10.9 Å². The van der Waals surface area contributed by atoms with Gasteiger partial charge in [0.25, 0.3) is 0 Å². The Morgan fingerprint density at radius 3 is 2.92 bits per heavy atom. The highest BCUT2D eigenvalue weighted by Crippen LogP contribution is 2.24. The molecule has 0 radical (unpaired) electrons. The Labute approximate surface area is 151 Å². The zero-order valence-corrected chi connectivity index (χ0v) is 14.5. The Morgan fingerprint density at radius 2 is 2.21 bits per heavy atom. The molecule has 24 heavy (non-hydrogen) atoms. The highest BCUT2D eigenvalue weighted by Gasteiger charge is 2.24. The van der Waals surface area contributed by atoms with Gasteiger partial charge in [-0.3, -0.25) is 4.90 Å². The van der Waals surface area contributed by atoms with Gasteiger partial charge in [0.2, 0.25) is 0 Å². The van der Waals surface area contributed by atoms with E-state index in [0.29, 0.717) is 6.54 Å². The monoisotopic (exact) mass is 371 g/mol. The molecule has 1 aliphatic heterocycles. The quantitative estimate of drug-likeness (QED) is 0.645. The van der Waals surface area contributed by atoms with E-state index in [2.05, 4.69) is 21.4 Å². The van der Waals surface area contributed by atoms with Crippen LogP contribution in [0, 0.1) is 10.1 Å². The third-order valence-electron chi connectivity index (χ3n) is 4.02. The molecule has 0 aliphatic carbocycles. The van der Waals surface area contributed by atoms with Gasteiger partial charge in [0.05, 0.1) is 23.9 Å². The maximum absolute atomic E-state index is 10.7. The average molecular weight is 372 g/mol. The molecule has 1 atom stereocenters. The van der Waals surface area contributed by atoms with E-state index in [9.17, 15) is 10.1 Å². The number of benzene rings is 1. The van der Waals surface area contributed by atoms with Crippen molar-refractivity contribution in [2.45, 2.75) is 12.6 Å². The summed E-state index contributed by atoms with van der Waals surface area (Å²) >= 11 is 6.10. The number of halogens is 2. The van der Waals surface area contributed by atoms with Gasteiger partial charge in [-0.15, -0.1) is 12.4 Å². The van der Waals surface area contributed by atoms with Crippen molar-refractivity contribution >= 4 is 29.8 Å². The van der Waals surface area contributed by atoms with Gasteiger partial charge in [0, 0.05) is 37.2 Å². The van der Waals surface area contributed by atoms with Crippen LogP contribution in [0.15, 0.2) is 36.5 Å². The molecule has 1 aromatic carbocycles. The lowest BCUT2D eigenvalue weighted by Gasteiger charge is -2.36. The fraction of sp³-hybridized carbons (Fsp3) is 0.400. The lowest BCUT2D eigenvalue weighted by Crippen LogP contribution is -2.47. The summed E-state index contributed by atoms with van der Waals surface area (Å²) in [6.45, 7) is 4.10. The lowest BCUT2D eigenvalue weighted by molar-refractivity contribution is -0.389. The number of aromatic nitrogens is 2. The maximum atomic E-state index is 10.7. The van der Waals surface area contributed by atoms with Crippen molar-refractivity contribution in [1.82, 2.24) is 20.0 Å². The van der Waals surface area contributed by atoms with Crippen LogP contribution in [0.5, 0.6) is 0 Å². The second-order valence-corrected chi connectivity index (χ2v) is 5.94. The Kier molecular flexibility index (Phi) is 6.56. The van der Waals surface area contributed by atoms with Crippen LogP contribution in [0.4, 0.5) is 5.82 Å². The standard InChI is InChI=1S/C15H18ClN5O2.ClH/c16-13-3-1-2-12(10-13)14-11-17-5-7-19(14)8-9-20-6-4-15(18-20)21(22)23;/h1-4,6,10,14,17H,5,7-9,11H2;1H. The second kappa shape index (κ2) is 8.43. The molecule has 0 bridgehead atoms. The fourth-order valence-corrected chi connectivity index (χ4v) is 3.06. The molecule has 1 unspecified atom stereocenters. The number of nitro groups is 1. The molecule has 1 N–H and O–H groups in total. The molecule has 3 rings (SSSR count). The first-order valence-electron chi connectivity index (χ1n) is 7.51. The van der Waals surface area contributed by atoms with Crippen LogP contribution in [0.3, 0.4) is 0 Å². The third kappa shape index (κ3) is 4.45. The van der Waals surface area contributed by atoms with E-state index in [1.807, 2.05) is 18.2 Å². The van der Waals surface area contributed by atoms with Crippen LogP contribution in [-0.4, -0.2) is 45.8 Å². The molecule has 0 amide bonds. The van der Waals surface area contributed by atoms with Gasteiger partial charge >= 0.3 is 5.82 Å². The van der Waals surface area contributed by atoms with E-state index in [-0.39, 0.29) is 24.3 Å². The van der Waals surface area contributed by atoms with E-state index >= 15 is 0 Å². The van der Waals surface area contributed by atoms with Crippen LogP contribution >= 0.6 is 24.0 Å². The zero-order chi connectivity index (χ0) is 16.2. The van der Waals surface area contributed by atoms with E-state index < -0.39 is 4.92 Å². The molecule has 1 aliphatic rings. The number of rotatable bonds is 5. The number of nitrogens with one attached hydrogen (secondary N) is 1. The molecular weight excluding hydrogens is 353 g/mol. The third-order valence-corrected chi connectivity index (χ3v) is 4.25. The summed E-state index contributed by atoms with van der Waals surface area (Å²) in [6.07, 6.45) is 1.65. The van der Waals surface area contributed by atoms with E-state index in [0.717, 1.165) is 31.2 Å². The summed E-state index contributed by atoms with van der Waals surface area (Å²) in [5, 5.41) is 18.8.